The van der Waals surface area contributed by atoms with E-state index in [9.17, 15) is 13.2 Å². The maximum atomic E-state index is 12.1. The van der Waals surface area contributed by atoms with Crippen molar-refractivity contribution in [3.63, 3.8) is 0 Å². The van der Waals surface area contributed by atoms with Crippen LogP contribution in [-0.4, -0.2) is 30.2 Å². The Morgan fingerprint density at radius 1 is 1.29 bits per heavy atom. The van der Waals surface area contributed by atoms with Gasteiger partial charge in [-0.05, 0) is 24.3 Å². The third kappa shape index (κ3) is 3.62. The molecule has 0 saturated carbocycles. The van der Waals surface area contributed by atoms with Crippen LogP contribution in [0.5, 0.6) is 0 Å². The van der Waals surface area contributed by atoms with Gasteiger partial charge in [-0.2, -0.15) is 0 Å². The third-order valence-electron chi connectivity index (χ3n) is 2.76. The molecule has 0 saturated heterocycles. The van der Waals surface area contributed by atoms with Gasteiger partial charge in [-0.3, -0.25) is 0 Å². The van der Waals surface area contributed by atoms with Crippen molar-refractivity contribution in [1.82, 2.24) is 4.98 Å². The summed E-state index contributed by atoms with van der Waals surface area (Å²) < 4.78 is 24.1. The first-order valence-corrected chi connectivity index (χ1v) is 8.60. The number of benzene rings is 1. The fourth-order valence-electron chi connectivity index (χ4n) is 1.66. The van der Waals surface area contributed by atoms with E-state index in [4.69, 9.17) is 5.11 Å². The Bertz CT molecular complexity index is 772. The normalized spacial score (nSPS) is 11.3. The first-order chi connectivity index (χ1) is 9.94. The molecule has 0 radical (unpaired) electrons. The van der Waals surface area contributed by atoms with Gasteiger partial charge in [0, 0.05) is 11.1 Å². The molecule has 7 heteroatoms. The van der Waals surface area contributed by atoms with Crippen molar-refractivity contribution in [2.45, 2.75) is 21.7 Å². The minimum atomic E-state index is -3.34. The molecule has 110 valence electrons. The van der Waals surface area contributed by atoms with Gasteiger partial charge < -0.3 is 5.11 Å². The molecule has 1 aromatic carbocycles. The van der Waals surface area contributed by atoms with Crippen molar-refractivity contribution in [2.75, 3.05) is 5.75 Å². The maximum Gasteiger partial charge on any atom is 0.335 e. The fraction of sp³-hybridized carbons (Fsp3) is 0.143. The summed E-state index contributed by atoms with van der Waals surface area (Å²) in [5, 5.41) is 9.40. The number of pyridine rings is 1. The van der Waals surface area contributed by atoms with Gasteiger partial charge in [0.25, 0.3) is 0 Å². The first kappa shape index (κ1) is 15.5. The summed E-state index contributed by atoms with van der Waals surface area (Å²) >= 11 is 1.13. The quantitative estimate of drug-likeness (QED) is 0.911. The molecular weight excluding hydrogens is 310 g/mol. The second-order valence-corrected chi connectivity index (χ2v) is 7.45. The molecule has 0 aliphatic carbocycles. The second kappa shape index (κ2) is 6.28. The summed E-state index contributed by atoms with van der Waals surface area (Å²) in [6, 6.07) is 9.43. The van der Waals surface area contributed by atoms with Crippen molar-refractivity contribution >= 4 is 27.6 Å². The van der Waals surface area contributed by atoms with Gasteiger partial charge in [-0.25, -0.2) is 18.2 Å². The van der Waals surface area contributed by atoms with Crippen LogP contribution in [0.1, 0.15) is 17.3 Å². The Morgan fingerprint density at radius 3 is 2.67 bits per heavy atom. The lowest BCUT2D eigenvalue weighted by Crippen LogP contribution is -2.05. The molecule has 1 aromatic heterocycles. The van der Waals surface area contributed by atoms with Crippen LogP contribution in [0.4, 0.5) is 0 Å². The van der Waals surface area contributed by atoms with Crippen molar-refractivity contribution < 1.29 is 18.3 Å². The highest BCUT2D eigenvalue weighted by Gasteiger charge is 2.17. The lowest BCUT2D eigenvalue weighted by Gasteiger charge is -2.08. The van der Waals surface area contributed by atoms with E-state index in [0.29, 0.717) is 9.92 Å². The van der Waals surface area contributed by atoms with E-state index in [1.165, 1.54) is 18.3 Å². The zero-order valence-corrected chi connectivity index (χ0v) is 12.8. The standard InChI is InChI=1S/C14H13NO4S2/c1-2-21(18,19)12-6-4-3-5-11(12)20-13-9-10(14(16)17)7-8-15-13/h3-9H,2H2,1H3,(H,16,17). The van der Waals surface area contributed by atoms with Crippen molar-refractivity contribution in [1.29, 1.82) is 0 Å². The van der Waals surface area contributed by atoms with E-state index in [0.717, 1.165) is 11.8 Å². The molecule has 5 nitrogen and oxygen atoms in total. The summed E-state index contributed by atoms with van der Waals surface area (Å²) in [4.78, 5) is 15.8. The molecule has 0 aliphatic rings. The van der Waals surface area contributed by atoms with Gasteiger partial charge >= 0.3 is 5.97 Å². The third-order valence-corrected chi connectivity index (χ3v) is 5.68. The smallest absolute Gasteiger partial charge is 0.335 e. The van der Waals surface area contributed by atoms with E-state index in [2.05, 4.69) is 4.98 Å². The number of aromatic nitrogens is 1. The molecule has 0 amide bonds. The van der Waals surface area contributed by atoms with Crippen LogP contribution in [0.15, 0.2) is 57.4 Å². The average molecular weight is 323 g/mol. The zero-order chi connectivity index (χ0) is 15.5. The van der Waals surface area contributed by atoms with Crippen LogP contribution in [0.3, 0.4) is 0 Å². The zero-order valence-electron chi connectivity index (χ0n) is 11.2. The summed E-state index contributed by atoms with van der Waals surface area (Å²) in [5.41, 5.74) is 0.114. The summed E-state index contributed by atoms with van der Waals surface area (Å²) in [5.74, 6) is -1.04. The number of nitrogens with zero attached hydrogens (tertiary/aromatic N) is 1. The lowest BCUT2D eigenvalue weighted by atomic mass is 10.3. The molecule has 1 heterocycles. The lowest BCUT2D eigenvalue weighted by molar-refractivity contribution is 0.0696. The number of carbonyl (C=O) groups is 1. The van der Waals surface area contributed by atoms with Gasteiger partial charge in [0.2, 0.25) is 0 Å². The van der Waals surface area contributed by atoms with Crippen molar-refractivity contribution in [3.8, 4) is 0 Å². The molecule has 1 N–H and O–H groups in total. The highest BCUT2D eigenvalue weighted by molar-refractivity contribution is 8.00. The largest absolute Gasteiger partial charge is 0.478 e. The fourth-order valence-corrected chi connectivity index (χ4v) is 3.98. The Morgan fingerprint density at radius 2 is 2.00 bits per heavy atom. The van der Waals surface area contributed by atoms with Crippen LogP contribution in [-0.2, 0) is 9.84 Å². The highest BCUT2D eigenvalue weighted by Crippen LogP contribution is 2.32. The molecule has 0 fully saturated rings. The van der Waals surface area contributed by atoms with Gasteiger partial charge in [0.05, 0.1) is 16.2 Å². The first-order valence-electron chi connectivity index (χ1n) is 6.13. The van der Waals surface area contributed by atoms with Gasteiger partial charge in [-0.1, -0.05) is 30.8 Å². The van der Waals surface area contributed by atoms with Gasteiger partial charge in [0.15, 0.2) is 9.84 Å². The molecular formula is C14H13NO4S2. The van der Waals surface area contributed by atoms with E-state index in [1.54, 1.807) is 31.2 Å². The van der Waals surface area contributed by atoms with E-state index >= 15 is 0 Å². The van der Waals surface area contributed by atoms with Crippen LogP contribution in [0.25, 0.3) is 0 Å². The Kier molecular flexibility index (Phi) is 4.64. The van der Waals surface area contributed by atoms with Crippen LogP contribution >= 0.6 is 11.8 Å². The number of carboxylic acids is 1. The van der Waals surface area contributed by atoms with E-state index in [-0.39, 0.29) is 16.2 Å². The molecule has 2 rings (SSSR count). The summed E-state index contributed by atoms with van der Waals surface area (Å²) in [7, 11) is -3.34. The molecule has 0 bridgehead atoms. The van der Waals surface area contributed by atoms with Crippen LogP contribution in [0, 0.1) is 0 Å². The van der Waals surface area contributed by atoms with Gasteiger partial charge in [-0.15, -0.1) is 0 Å². The van der Waals surface area contributed by atoms with E-state index < -0.39 is 15.8 Å². The van der Waals surface area contributed by atoms with Crippen molar-refractivity contribution in [3.05, 3.63) is 48.2 Å². The average Bonchev–Trinajstić information content (AvgIpc) is 2.48. The minimum Gasteiger partial charge on any atom is -0.478 e. The van der Waals surface area contributed by atoms with Crippen molar-refractivity contribution in [2.24, 2.45) is 0 Å². The predicted molar refractivity (Wildman–Crippen MR) is 79.5 cm³/mol. The molecule has 21 heavy (non-hydrogen) atoms. The van der Waals surface area contributed by atoms with E-state index in [1.807, 2.05) is 0 Å². The minimum absolute atomic E-state index is 0.00711. The Hall–Kier alpha value is -1.86. The topological polar surface area (TPSA) is 84.3 Å². The SMILES string of the molecule is CCS(=O)(=O)c1ccccc1Sc1cc(C(=O)O)ccn1. The predicted octanol–water partition coefficient (Wildman–Crippen LogP) is 2.72. The Balaban J connectivity index is 2.41. The highest BCUT2D eigenvalue weighted by atomic mass is 32.2. The molecule has 0 aliphatic heterocycles. The summed E-state index contributed by atoms with van der Waals surface area (Å²) in [6.45, 7) is 1.58. The van der Waals surface area contributed by atoms with Crippen LogP contribution in [0.2, 0.25) is 0 Å². The number of sulfone groups is 1. The van der Waals surface area contributed by atoms with Crippen LogP contribution < -0.4 is 0 Å². The number of carboxylic acid groups (broad SMARTS) is 1. The number of aromatic carboxylic acids is 1. The molecule has 0 spiro atoms. The summed E-state index contributed by atoms with van der Waals surface area (Å²) in [6.07, 6.45) is 1.39. The maximum absolute atomic E-state index is 12.1. The van der Waals surface area contributed by atoms with Gasteiger partial charge in [0.1, 0.15) is 5.03 Å². The number of hydrogen-bond acceptors (Lipinski definition) is 5. The Labute approximate surface area is 127 Å². The molecule has 0 unspecified atom stereocenters. The number of hydrogen-bond donors (Lipinski definition) is 1. The molecule has 2 aromatic rings. The molecule has 0 atom stereocenters. The number of rotatable bonds is 5. The monoisotopic (exact) mass is 323 g/mol. The second-order valence-electron chi connectivity index (χ2n) is 4.14.